The first-order chi connectivity index (χ1) is 5.20. The number of hydrogen-bond donors (Lipinski definition) is 0. The van der Waals surface area contributed by atoms with Crippen LogP contribution in [0.15, 0.2) is 0 Å². The Balaban J connectivity index is 2.21. The number of fused-ring (bicyclic) bond motifs is 1. The van der Waals surface area contributed by atoms with Gasteiger partial charge in [0.25, 0.3) is 0 Å². The lowest BCUT2D eigenvalue weighted by atomic mass is 9.60. The minimum atomic E-state index is 0.0480. The second-order valence-electron chi connectivity index (χ2n) is 4.01. The molecule has 0 aliphatic carbocycles. The van der Waals surface area contributed by atoms with Crippen LogP contribution in [0.3, 0.4) is 0 Å². The van der Waals surface area contributed by atoms with Crippen LogP contribution in [0.4, 0.5) is 0 Å². The molecule has 2 aliphatic rings. The second-order valence-corrected chi connectivity index (χ2v) is 4.01. The fourth-order valence-corrected chi connectivity index (χ4v) is 2.63. The molecule has 0 N–H and O–H groups in total. The Morgan fingerprint density at radius 3 is 2.82 bits per heavy atom. The number of carbonyl (C=O) groups excluding carboxylic acids is 1. The summed E-state index contributed by atoms with van der Waals surface area (Å²) in [5.74, 6) is 2.03. The Kier molecular flexibility index (Phi) is 1.48. The molecule has 0 saturated carbocycles. The molecule has 0 amide bonds. The fraction of sp³-hybridized carbons (Fsp3) is 0.875. The van der Waals surface area contributed by atoms with Crippen LogP contribution in [0.25, 0.3) is 0 Å². The molecule has 4 unspecified atom stereocenters. The fourth-order valence-electron chi connectivity index (χ4n) is 2.63. The van der Waals surface area contributed by atoms with E-state index in [1.54, 1.807) is 0 Å². The third kappa shape index (κ3) is 0.899. The van der Waals surface area contributed by atoms with Gasteiger partial charge in [0.05, 0.1) is 12.5 Å². The molecule has 0 aromatic heterocycles. The monoisotopic (exact) mass is 152 g/mol. The van der Waals surface area contributed by atoms with E-state index in [4.69, 9.17) is 4.74 Å². The van der Waals surface area contributed by atoms with E-state index in [0.717, 1.165) is 0 Å². The zero-order valence-corrected chi connectivity index (χ0v) is 7.04. The predicted molar refractivity (Wildman–Crippen MR) is 43.9 cm³/mol. The maximum atomic E-state index is 11.2. The Labute approximate surface area is 67.5 Å². The maximum Gasteiger partial charge on any atom is 0.308 e. The lowest BCUT2D eigenvalue weighted by molar-refractivity contribution is -0.141. The van der Waals surface area contributed by atoms with Crippen LogP contribution in [0, 0.1) is 11.8 Å². The standard InChI is InChI=1S/C8H13BO2/c1-4-6-3-11-8(10)7(6)5(2)9-4/h4-7,9H,3H2,1-2H3. The molecular weight excluding hydrogens is 139 g/mol. The van der Waals surface area contributed by atoms with Gasteiger partial charge in [-0.1, -0.05) is 25.5 Å². The normalized spacial score (nSPS) is 48.4. The largest absolute Gasteiger partial charge is 0.465 e. The lowest BCUT2D eigenvalue weighted by Crippen LogP contribution is -2.13. The Hall–Kier alpha value is -0.465. The summed E-state index contributed by atoms with van der Waals surface area (Å²) in [6.45, 7) is 5.06. The van der Waals surface area contributed by atoms with Gasteiger partial charge in [-0.25, -0.2) is 0 Å². The van der Waals surface area contributed by atoms with Crippen molar-refractivity contribution < 1.29 is 9.53 Å². The SMILES string of the molecule is CC1BC(C)C2C(=O)OCC12. The highest BCUT2D eigenvalue weighted by atomic mass is 16.5. The Morgan fingerprint density at radius 2 is 2.18 bits per heavy atom. The highest BCUT2D eigenvalue weighted by molar-refractivity contribution is 6.42. The van der Waals surface area contributed by atoms with Crippen LogP contribution < -0.4 is 0 Å². The molecule has 2 saturated heterocycles. The van der Waals surface area contributed by atoms with E-state index in [-0.39, 0.29) is 11.9 Å². The van der Waals surface area contributed by atoms with Crippen molar-refractivity contribution >= 4 is 13.2 Å². The molecule has 3 heteroatoms. The molecule has 2 rings (SSSR count). The molecule has 2 fully saturated rings. The van der Waals surface area contributed by atoms with Crippen LogP contribution in [0.2, 0.25) is 11.6 Å². The summed E-state index contributed by atoms with van der Waals surface area (Å²) in [4.78, 5) is 11.2. The van der Waals surface area contributed by atoms with Gasteiger partial charge in [-0.15, -0.1) is 0 Å². The molecule has 11 heavy (non-hydrogen) atoms. The van der Waals surface area contributed by atoms with Crippen molar-refractivity contribution in [2.75, 3.05) is 6.61 Å². The highest BCUT2D eigenvalue weighted by Crippen LogP contribution is 2.46. The van der Waals surface area contributed by atoms with Crippen LogP contribution in [0.1, 0.15) is 13.8 Å². The first-order valence-electron chi connectivity index (χ1n) is 4.37. The average molecular weight is 152 g/mol. The van der Waals surface area contributed by atoms with Gasteiger partial charge < -0.3 is 4.74 Å². The Bertz CT molecular complexity index is 193. The molecule has 0 radical (unpaired) electrons. The smallest absolute Gasteiger partial charge is 0.308 e. The van der Waals surface area contributed by atoms with E-state index in [1.807, 2.05) is 0 Å². The quantitative estimate of drug-likeness (QED) is 0.379. The van der Waals surface area contributed by atoms with E-state index >= 15 is 0 Å². The summed E-state index contributed by atoms with van der Waals surface area (Å²) in [7, 11) is 1.20. The molecular formula is C8H13BO2. The van der Waals surface area contributed by atoms with E-state index < -0.39 is 0 Å². The van der Waals surface area contributed by atoms with Crippen molar-refractivity contribution in [1.29, 1.82) is 0 Å². The number of ether oxygens (including phenoxy) is 1. The van der Waals surface area contributed by atoms with Gasteiger partial charge in [-0.3, -0.25) is 4.79 Å². The van der Waals surface area contributed by atoms with E-state index in [0.29, 0.717) is 24.2 Å². The molecule has 2 heterocycles. The van der Waals surface area contributed by atoms with Gasteiger partial charge in [0.2, 0.25) is 0 Å². The van der Waals surface area contributed by atoms with Gasteiger partial charge >= 0.3 is 5.97 Å². The minimum Gasteiger partial charge on any atom is -0.465 e. The molecule has 2 nitrogen and oxygen atoms in total. The van der Waals surface area contributed by atoms with E-state index in [9.17, 15) is 4.79 Å². The molecule has 4 atom stereocenters. The van der Waals surface area contributed by atoms with Crippen molar-refractivity contribution in [3.8, 4) is 0 Å². The number of rotatable bonds is 0. The number of esters is 1. The summed E-state index contributed by atoms with van der Waals surface area (Å²) < 4.78 is 5.02. The van der Waals surface area contributed by atoms with Crippen molar-refractivity contribution in [1.82, 2.24) is 0 Å². The van der Waals surface area contributed by atoms with Gasteiger partial charge in [0, 0.05) is 5.92 Å². The third-order valence-electron chi connectivity index (χ3n) is 3.24. The van der Waals surface area contributed by atoms with Crippen molar-refractivity contribution in [3.05, 3.63) is 0 Å². The summed E-state index contributed by atoms with van der Waals surface area (Å²) in [6.07, 6.45) is 0. The zero-order chi connectivity index (χ0) is 8.01. The van der Waals surface area contributed by atoms with Crippen LogP contribution in [-0.4, -0.2) is 19.9 Å². The van der Waals surface area contributed by atoms with Crippen molar-refractivity contribution in [3.63, 3.8) is 0 Å². The van der Waals surface area contributed by atoms with Gasteiger partial charge in [0.15, 0.2) is 0 Å². The Morgan fingerprint density at radius 1 is 1.45 bits per heavy atom. The molecule has 60 valence electrons. The van der Waals surface area contributed by atoms with Crippen LogP contribution >= 0.6 is 0 Å². The predicted octanol–water partition coefficient (Wildman–Crippen LogP) is 0.843. The van der Waals surface area contributed by atoms with Crippen molar-refractivity contribution in [2.24, 2.45) is 11.8 Å². The second kappa shape index (κ2) is 2.26. The number of cyclic esters (lactones) is 1. The summed E-state index contributed by atoms with van der Waals surface area (Å²) in [6, 6.07) is 0. The zero-order valence-electron chi connectivity index (χ0n) is 7.04. The van der Waals surface area contributed by atoms with Crippen molar-refractivity contribution in [2.45, 2.75) is 25.5 Å². The number of carbonyl (C=O) groups is 1. The summed E-state index contributed by atoms with van der Waals surface area (Å²) in [5.41, 5.74) is 0. The average Bonchev–Trinajstić information content (AvgIpc) is 2.41. The molecule has 2 aliphatic heterocycles. The summed E-state index contributed by atoms with van der Waals surface area (Å²) >= 11 is 0. The third-order valence-corrected chi connectivity index (χ3v) is 3.24. The van der Waals surface area contributed by atoms with E-state index in [2.05, 4.69) is 13.8 Å². The molecule has 0 aromatic carbocycles. The first kappa shape index (κ1) is 7.20. The minimum absolute atomic E-state index is 0.0480. The lowest BCUT2D eigenvalue weighted by Gasteiger charge is -2.09. The highest BCUT2D eigenvalue weighted by Gasteiger charge is 2.48. The molecule has 0 bridgehead atoms. The maximum absolute atomic E-state index is 11.2. The van der Waals surface area contributed by atoms with Gasteiger partial charge in [-0.2, -0.15) is 0 Å². The topological polar surface area (TPSA) is 26.3 Å². The van der Waals surface area contributed by atoms with Crippen LogP contribution in [-0.2, 0) is 9.53 Å². The summed E-state index contributed by atoms with van der Waals surface area (Å²) in [5, 5.41) is 0. The molecule has 0 aromatic rings. The van der Waals surface area contributed by atoms with E-state index in [1.165, 1.54) is 7.28 Å². The van der Waals surface area contributed by atoms with Crippen LogP contribution in [0.5, 0.6) is 0 Å². The number of hydrogen-bond acceptors (Lipinski definition) is 2. The van der Waals surface area contributed by atoms with Gasteiger partial charge in [0.1, 0.15) is 7.28 Å². The molecule has 0 spiro atoms. The van der Waals surface area contributed by atoms with Gasteiger partial charge in [-0.05, 0) is 0 Å². The first-order valence-corrected chi connectivity index (χ1v) is 4.37.